The van der Waals surface area contributed by atoms with E-state index in [4.69, 9.17) is 24.5 Å². The minimum atomic E-state index is -0.0625. The fraction of sp³-hybridized carbons (Fsp3) is 0.148. The van der Waals surface area contributed by atoms with Crippen molar-refractivity contribution in [2.75, 3.05) is 0 Å². The Morgan fingerprint density at radius 1 is 0.800 bits per heavy atom. The van der Waals surface area contributed by atoms with E-state index in [1.54, 1.807) is 6.08 Å². The van der Waals surface area contributed by atoms with Crippen molar-refractivity contribution in [1.29, 1.82) is 0 Å². The van der Waals surface area contributed by atoms with E-state index in [0.29, 0.717) is 18.3 Å². The van der Waals surface area contributed by atoms with E-state index < -0.39 is 0 Å². The van der Waals surface area contributed by atoms with Gasteiger partial charge in [-0.25, -0.2) is 9.50 Å². The lowest BCUT2D eigenvalue weighted by Crippen LogP contribution is -2.19. The first kappa shape index (κ1) is 37.1. The standard InChI is InChI=1S/C54H45N5O/c1-3-17-36(4-2)45-32-43(38-20-11-6-12-21-38)35-59-54(45)57-53(58-59)47-31-42(30-46-44-28-26-41(33-51(44)60-52(46)47)37-18-9-5-10-19-37)48-25-16-8-15-24-40-27-29-49(56-50(40)34-55-48)39-22-13-7-14-23-39/h3-7,9-18,20-22,24-29,31-33,35,37,39,42H,1-2,8,19,23,30,34H2/b24-15-,25-16?,36-17+,55-48?. The molecule has 0 bridgehead atoms. The van der Waals surface area contributed by atoms with Crippen molar-refractivity contribution >= 4 is 39.6 Å². The highest BCUT2D eigenvalue weighted by Gasteiger charge is 2.31. The van der Waals surface area contributed by atoms with Gasteiger partial charge in [0.1, 0.15) is 11.3 Å². The summed E-state index contributed by atoms with van der Waals surface area (Å²) in [6, 6.07) is 23.6. The molecule has 0 saturated heterocycles. The van der Waals surface area contributed by atoms with E-state index >= 15 is 0 Å². The van der Waals surface area contributed by atoms with Gasteiger partial charge in [0.25, 0.3) is 0 Å². The first-order valence-corrected chi connectivity index (χ1v) is 20.9. The molecule has 0 spiro atoms. The summed E-state index contributed by atoms with van der Waals surface area (Å²) in [5, 5.41) is 6.34. The second kappa shape index (κ2) is 16.2. The normalized spacial score (nSPS) is 20.4. The highest BCUT2D eigenvalue weighted by atomic mass is 16.3. The molecule has 5 heterocycles. The Kier molecular flexibility index (Phi) is 10.0. The average Bonchev–Trinajstić information content (AvgIpc) is 3.91. The van der Waals surface area contributed by atoms with Gasteiger partial charge in [-0.15, -0.1) is 5.10 Å². The number of hydrogen-bond acceptors (Lipinski definition) is 5. The molecule has 6 aromatic rings. The van der Waals surface area contributed by atoms with Gasteiger partial charge in [0.2, 0.25) is 0 Å². The van der Waals surface area contributed by atoms with Crippen LogP contribution in [0.25, 0.3) is 45.0 Å². The van der Waals surface area contributed by atoms with Crippen LogP contribution in [0.5, 0.6) is 0 Å². The lowest BCUT2D eigenvalue weighted by atomic mass is 9.84. The van der Waals surface area contributed by atoms with Gasteiger partial charge in [0.05, 0.1) is 17.8 Å². The van der Waals surface area contributed by atoms with Crippen molar-refractivity contribution in [3.63, 3.8) is 0 Å². The lowest BCUT2D eigenvalue weighted by Gasteiger charge is -2.21. The molecule has 0 N–H and O–H groups in total. The van der Waals surface area contributed by atoms with Crippen LogP contribution in [0.1, 0.15) is 76.3 Å². The molecule has 0 amide bonds. The van der Waals surface area contributed by atoms with Crippen molar-refractivity contribution in [2.24, 2.45) is 10.9 Å². The Bertz CT molecular complexity index is 2960. The number of hydrogen-bond donors (Lipinski definition) is 0. The maximum Gasteiger partial charge on any atom is 0.185 e. The molecular weight excluding hydrogens is 735 g/mol. The zero-order valence-electron chi connectivity index (χ0n) is 33.5. The molecule has 0 fully saturated rings. The summed E-state index contributed by atoms with van der Waals surface area (Å²) in [5.74, 6) is 1.91. The van der Waals surface area contributed by atoms with E-state index in [2.05, 4.69) is 159 Å². The monoisotopic (exact) mass is 779 g/mol. The number of pyridine rings is 2. The molecule has 3 aliphatic carbocycles. The number of allylic oxidation sites excluding steroid dienone is 16. The van der Waals surface area contributed by atoms with Crippen LogP contribution in [0.3, 0.4) is 0 Å². The minimum Gasteiger partial charge on any atom is -0.456 e. The Balaban J connectivity index is 1.12. The van der Waals surface area contributed by atoms with Crippen LogP contribution in [0.15, 0.2) is 187 Å². The highest BCUT2D eigenvalue weighted by molar-refractivity contribution is 6.02. The van der Waals surface area contributed by atoms with Gasteiger partial charge in [-0.3, -0.25) is 9.98 Å². The van der Waals surface area contributed by atoms with Crippen molar-refractivity contribution in [3.8, 4) is 11.1 Å². The van der Waals surface area contributed by atoms with E-state index in [1.807, 2.05) is 22.7 Å². The topological polar surface area (TPSA) is 68.6 Å². The predicted octanol–water partition coefficient (Wildman–Crippen LogP) is 12.7. The Morgan fingerprint density at radius 2 is 1.63 bits per heavy atom. The molecule has 292 valence electrons. The summed E-state index contributed by atoms with van der Waals surface area (Å²) in [6.45, 7) is 8.61. The third-order valence-electron chi connectivity index (χ3n) is 11.9. The number of fused-ring (bicyclic) bond motifs is 5. The van der Waals surface area contributed by atoms with Crippen LogP contribution in [0, 0.1) is 5.92 Å². The van der Waals surface area contributed by atoms with Crippen LogP contribution in [0.2, 0.25) is 0 Å². The van der Waals surface area contributed by atoms with Crippen molar-refractivity contribution in [2.45, 2.75) is 44.1 Å². The average molecular weight is 780 g/mol. The minimum absolute atomic E-state index is 0.0625. The molecule has 4 aromatic heterocycles. The summed E-state index contributed by atoms with van der Waals surface area (Å²) in [4.78, 5) is 15.9. The molecule has 0 saturated carbocycles. The lowest BCUT2D eigenvalue weighted by molar-refractivity contribution is 0.585. The predicted molar refractivity (Wildman–Crippen MR) is 247 cm³/mol. The molecule has 3 unspecified atom stereocenters. The smallest absolute Gasteiger partial charge is 0.185 e. The van der Waals surface area contributed by atoms with Gasteiger partial charge in [-0.05, 0) is 72.2 Å². The number of aliphatic imine (C=N–C) groups is 1. The first-order valence-electron chi connectivity index (χ1n) is 20.9. The summed E-state index contributed by atoms with van der Waals surface area (Å²) in [5.41, 5.74) is 12.9. The molecule has 1 aliphatic heterocycles. The van der Waals surface area contributed by atoms with Crippen LogP contribution in [0.4, 0.5) is 0 Å². The Hall–Kier alpha value is -7.18. The fourth-order valence-corrected chi connectivity index (χ4v) is 8.80. The highest BCUT2D eigenvalue weighted by Crippen LogP contribution is 2.42. The van der Waals surface area contributed by atoms with E-state index in [0.717, 1.165) is 104 Å². The summed E-state index contributed by atoms with van der Waals surface area (Å²) in [7, 11) is 0. The number of aromatic nitrogens is 4. The third-order valence-corrected chi connectivity index (χ3v) is 11.9. The molecular formula is C54H45N5O. The summed E-state index contributed by atoms with van der Waals surface area (Å²) >= 11 is 0. The van der Waals surface area contributed by atoms with Crippen molar-refractivity contribution in [3.05, 3.63) is 222 Å². The van der Waals surface area contributed by atoms with E-state index in [1.165, 1.54) is 5.56 Å². The van der Waals surface area contributed by atoms with Crippen LogP contribution in [-0.2, 0) is 13.0 Å². The van der Waals surface area contributed by atoms with Gasteiger partial charge in [-0.1, -0.05) is 153 Å². The maximum atomic E-state index is 6.92. The van der Waals surface area contributed by atoms with Crippen LogP contribution >= 0.6 is 0 Å². The van der Waals surface area contributed by atoms with Gasteiger partial charge >= 0.3 is 0 Å². The molecule has 2 aromatic carbocycles. The van der Waals surface area contributed by atoms with Gasteiger partial charge in [0, 0.05) is 57.4 Å². The van der Waals surface area contributed by atoms with Crippen LogP contribution in [-0.4, -0.2) is 25.3 Å². The number of benzene rings is 2. The molecule has 6 nitrogen and oxygen atoms in total. The quantitative estimate of drug-likeness (QED) is 0.144. The Morgan fingerprint density at radius 3 is 2.43 bits per heavy atom. The summed E-state index contributed by atoms with van der Waals surface area (Å²) < 4.78 is 8.82. The van der Waals surface area contributed by atoms with Gasteiger partial charge in [-0.2, -0.15) is 0 Å². The maximum absolute atomic E-state index is 6.92. The Labute approximate surface area is 350 Å². The number of rotatable bonds is 8. The molecule has 60 heavy (non-hydrogen) atoms. The van der Waals surface area contributed by atoms with E-state index in [9.17, 15) is 0 Å². The van der Waals surface area contributed by atoms with Crippen LogP contribution < -0.4 is 0 Å². The molecule has 6 heteroatoms. The largest absolute Gasteiger partial charge is 0.456 e. The van der Waals surface area contributed by atoms with Gasteiger partial charge < -0.3 is 4.42 Å². The number of furan rings is 1. The SMILES string of the molecule is C=C/C=C(\C=C)c1cc(-c2ccccc2)cn2nc(C3=CC(C4=NCc5nc(C6C=CC=CC6)ccc5/C=C\CC=C4)Cc4c3oc3cc(C5C=CC=CC5)ccc43)nc12. The second-order valence-corrected chi connectivity index (χ2v) is 15.7. The number of nitrogens with zero attached hydrogens (tertiary/aromatic N) is 5. The third kappa shape index (κ3) is 7.15. The second-order valence-electron chi connectivity index (χ2n) is 15.7. The first-order chi connectivity index (χ1) is 29.6. The van der Waals surface area contributed by atoms with E-state index in [-0.39, 0.29) is 11.8 Å². The van der Waals surface area contributed by atoms with Crippen molar-refractivity contribution < 1.29 is 4.42 Å². The molecule has 0 radical (unpaired) electrons. The fourth-order valence-electron chi connectivity index (χ4n) is 8.80. The van der Waals surface area contributed by atoms with Crippen molar-refractivity contribution in [1.82, 2.24) is 19.6 Å². The molecule has 10 rings (SSSR count). The molecule has 3 atom stereocenters. The zero-order chi connectivity index (χ0) is 40.4. The van der Waals surface area contributed by atoms with Gasteiger partial charge in [0.15, 0.2) is 11.5 Å². The molecule has 4 aliphatic rings. The zero-order valence-corrected chi connectivity index (χ0v) is 33.5. The summed E-state index contributed by atoms with van der Waals surface area (Å²) in [6.07, 6.45) is 39.6.